The SMILES string of the molecule is Cl.Cn1c(=O)c2c(ncn2CCC(=O)N2CCNCC2c2cccnc2)n(C)c1=O. The fourth-order valence-electron chi connectivity index (χ4n) is 3.80. The second kappa shape index (κ2) is 8.80. The van der Waals surface area contributed by atoms with E-state index < -0.39 is 11.2 Å². The number of aromatic nitrogens is 5. The first kappa shape index (κ1) is 21.7. The molecule has 30 heavy (non-hydrogen) atoms. The zero-order valence-electron chi connectivity index (χ0n) is 16.8. The Morgan fingerprint density at radius 3 is 2.80 bits per heavy atom. The second-order valence-corrected chi connectivity index (χ2v) is 7.16. The highest BCUT2D eigenvalue weighted by Crippen LogP contribution is 2.22. The number of halogens is 1. The van der Waals surface area contributed by atoms with Gasteiger partial charge in [0.2, 0.25) is 5.91 Å². The molecule has 3 aromatic heterocycles. The van der Waals surface area contributed by atoms with Crippen molar-refractivity contribution in [1.29, 1.82) is 0 Å². The first-order valence-electron chi connectivity index (χ1n) is 9.50. The Balaban J connectivity index is 0.00000256. The summed E-state index contributed by atoms with van der Waals surface area (Å²) in [5.41, 5.74) is 0.796. The van der Waals surface area contributed by atoms with E-state index in [4.69, 9.17) is 0 Å². The Bertz CT molecular complexity index is 1170. The highest BCUT2D eigenvalue weighted by molar-refractivity contribution is 5.85. The summed E-state index contributed by atoms with van der Waals surface area (Å²) < 4.78 is 4.04. The van der Waals surface area contributed by atoms with Crippen LogP contribution in [0.4, 0.5) is 0 Å². The lowest BCUT2D eigenvalue weighted by Crippen LogP contribution is -2.48. The molecule has 0 aliphatic carbocycles. The summed E-state index contributed by atoms with van der Waals surface area (Å²) in [5, 5.41) is 3.32. The van der Waals surface area contributed by atoms with Gasteiger partial charge in [0, 0.05) is 59.1 Å². The number of carbonyl (C=O) groups excluding carboxylic acids is 1. The fraction of sp³-hybridized carbons (Fsp3) is 0.421. The molecule has 0 saturated carbocycles. The molecule has 1 amide bonds. The molecule has 4 heterocycles. The van der Waals surface area contributed by atoms with Gasteiger partial charge in [-0.3, -0.25) is 23.7 Å². The first-order valence-corrected chi connectivity index (χ1v) is 9.50. The molecule has 10 nitrogen and oxygen atoms in total. The van der Waals surface area contributed by atoms with Crippen LogP contribution in [0.3, 0.4) is 0 Å². The van der Waals surface area contributed by atoms with Crippen molar-refractivity contribution in [3.05, 3.63) is 57.3 Å². The Hall–Kier alpha value is -2.98. The van der Waals surface area contributed by atoms with Crippen LogP contribution < -0.4 is 16.6 Å². The van der Waals surface area contributed by atoms with Gasteiger partial charge in [0.25, 0.3) is 5.56 Å². The monoisotopic (exact) mass is 433 g/mol. The number of hydrogen-bond donors (Lipinski definition) is 1. The van der Waals surface area contributed by atoms with Crippen LogP contribution >= 0.6 is 12.4 Å². The molecule has 11 heteroatoms. The van der Waals surface area contributed by atoms with E-state index >= 15 is 0 Å². The molecule has 0 radical (unpaired) electrons. The quantitative estimate of drug-likeness (QED) is 0.611. The normalized spacial score (nSPS) is 16.5. The number of aryl methyl sites for hydroxylation is 2. The number of pyridine rings is 1. The number of nitrogens with zero attached hydrogens (tertiary/aromatic N) is 6. The van der Waals surface area contributed by atoms with E-state index in [0.29, 0.717) is 30.8 Å². The average molecular weight is 434 g/mol. The third-order valence-electron chi connectivity index (χ3n) is 5.42. The van der Waals surface area contributed by atoms with Crippen LogP contribution in [-0.4, -0.2) is 54.1 Å². The Kier molecular flexibility index (Phi) is 6.37. The zero-order chi connectivity index (χ0) is 20.5. The molecular weight excluding hydrogens is 410 g/mol. The number of piperazine rings is 1. The Morgan fingerprint density at radius 2 is 2.07 bits per heavy atom. The molecule has 1 aliphatic rings. The fourth-order valence-corrected chi connectivity index (χ4v) is 3.80. The predicted molar refractivity (Wildman–Crippen MR) is 114 cm³/mol. The van der Waals surface area contributed by atoms with Gasteiger partial charge in [-0.1, -0.05) is 6.07 Å². The number of amides is 1. The lowest BCUT2D eigenvalue weighted by Gasteiger charge is -2.36. The van der Waals surface area contributed by atoms with Crippen molar-refractivity contribution in [3.63, 3.8) is 0 Å². The van der Waals surface area contributed by atoms with Gasteiger partial charge in [0.15, 0.2) is 11.2 Å². The summed E-state index contributed by atoms with van der Waals surface area (Å²) >= 11 is 0. The molecule has 4 rings (SSSR count). The van der Waals surface area contributed by atoms with Crippen molar-refractivity contribution in [3.8, 4) is 0 Å². The van der Waals surface area contributed by atoms with Gasteiger partial charge in [-0.2, -0.15) is 0 Å². The molecule has 1 aliphatic heterocycles. The van der Waals surface area contributed by atoms with Crippen LogP contribution in [0.15, 0.2) is 40.4 Å². The van der Waals surface area contributed by atoms with Crippen LogP contribution in [-0.2, 0) is 25.4 Å². The Morgan fingerprint density at radius 1 is 1.27 bits per heavy atom. The molecule has 1 fully saturated rings. The van der Waals surface area contributed by atoms with Gasteiger partial charge < -0.3 is 14.8 Å². The average Bonchev–Trinajstić information content (AvgIpc) is 3.19. The Labute approximate surface area is 178 Å². The van der Waals surface area contributed by atoms with Crippen LogP contribution in [0.1, 0.15) is 18.0 Å². The molecular formula is C19H24ClN7O3. The molecule has 160 valence electrons. The highest BCUT2D eigenvalue weighted by atomic mass is 35.5. The third kappa shape index (κ3) is 3.75. The lowest BCUT2D eigenvalue weighted by molar-refractivity contribution is -0.134. The van der Waals surface area contributed by atoms with Crippen molar-refractivity contribution < 1.29 is 4.79 Å². The van der Waals surface area contributed by atoms with Crippen LogP contribution in [0.5, 0.6) is 0 Å². The van der Waals surface area contributed by atoms with Gasteiger partial charge in [-0.15, -0.1) is 12.4 Å². The van der Waals surface area contributed by atoms with Crippen molar-refractivity contribution in [2.45, 2.75) is 19.0 Å². The summed E-state index contributed by atoms with van der Waals surface area (Å²) in [6, 6.07) is 3.76. The molecule has 1 N–H and O–H groups in total. The number of hydrogen-bond acceptors (Lipinski definition) is 6. The minimum absolute atomic E-state index is 0. The van der Waals surface area contributed by atoms with Crippen LogP contribution in [0.2, 0.25) is 0 Å². The maximum Gasteiger partial charge on any atom is 0.332 e. The summed E-state index contributed by atoms with van der Waals surface area (Å²) in [6.45, 7) is 2.33. The molecule has 0 bridgehead atoms. The minimum atomic E-state index is -0.427. The summed E-state index contributed by atoms with van der Waals surface area (Å²) in [7, 11) is 3.01. The molecule has 0 aromatic carbocycles. The molecule has 1 saturated heterocycles. The van der Waals surface area contributed by atoms with Gasteiger partial charge in [-0.05, 0) is 11.6 Å². The van der Waals surface area contributed by atoms with E-state index in [2.05, 4.69) is 15.3 Å². The number of imidazole rings is 1. The molecule has 1 unspecified atom stereocenters. The zero-order valence-corrected chi connectivity index (χ0v) is 17.6. The van der Waals surface area contributed by atoms with Gasteiger partial charge in [0.05, 0.1) is 12.4 Å². The smallest absolute Gasteiger partial charge is 0.332 e. The number of carbonyl (C=O) groups is 1. The lowest BCUT2D eigenvalue weighted by atomic mass is 10.0. The maximum absolute atomic E-state index is 13.0. The van der Waals surface area contributed by atoms with Gasteiger partial charge in [-0.25, -0.2) is 9.78 Å². The van der Waals surface area contributed by atoms with Crippen molar-refractivity contribution >= 4 is 29.5 Å². The van der Waals surface area contributed by atoms with Crippen molar-refractivity contribution in [2.24, 2.45) is 14.1 Å². The van der Waals surface area contributed by atoms with E-state index in [1.54, 1.807) is 24.0 Å². The third-order valence-corrected chi connectivity index (χ3v) is 5.42. The van der Waals surface area contributed by atoms with E-state index in [1.807, 2.05) is 17.0 Å². The van der Waals surface area contributed by atoms with E-state index in [1.165, 1.54) is 17.9 Å². The van der Waals surface area contributed by atoms with Gasteiger partial charge >= 0.3 is 5.69 Å². The van der Waals surface area contributed by atoms with E-state index in [0.717, 1.165) is 16.7 Å². The topological polar surface area (TPSA) is 107 Å². The number of nitrogens with one attached hydrogen (secondary N) is 1. The standard InChI is InChI=1S/C19H23N7O3.ClH/c1-23-17-16(18(28)24(2)19(23)29)25(12-22-17)8-5-15(27)26-9-7-21-11-14(26)13-4-3-6-20-10-13;/h3-4,6,10,12,14,21H,5,7-9,11H2,1-2H3;1H. The van der Waals surface area contributed by atoms with Crippen LogP contribution in [0, 0.1) is 0 Å². The van der Waals surface area contributed by atoms with E-state index in [-0.39, 0.29) is 30.8 Å². The molecule has 1 atom stereocenters. The van der Waals surface area contributed by atoms with Crippen molar-refractivity contribution in [1.82, 2.24) is 33.9 Å². The first-order chi connectivity index (χ1) is 14.0. The number of rotatable bonds is 4. The summed E-state index contributed by atoms with van der Waals surface area (Å²) in [4.78, 5) is 47.8. The largest absolute Gasteiger partial charge is 0.333 e. The second-order valence-electron chi connectivity index (χ2n) is 7.16. The highest BCUT2D eigenvalue weighted by Gasteiger charge is 2.28. The van der Waals surface area contributed by atoms with E-state index in [9.17, 15) is 14.4 Å². The number of fused-ring (bicyclic) bond motifs is 1. The summed E-state index contributed by atoms with van der Waals surface area (Å²) in [5.74, 6) is 0.00356. The molecule has 0 spiro atoms. The molecule has 3 aromatic rings. The van der Waals surface area contributed by atoms with Crippen LogP contribution in [0.25, 0.3) is 11.2 Å². The minimum Gasteiger partial charge on any atom is -0.333 e. The maximum atomic E-state index is 13.0. The predicted octanol–water partition coefficient (Wildman–Crippen LogP) is -0.186. The van der Waals surface area contributed by atoms with Gasteiger partial charge in [0.1, 0.15) is 0 Å². The van der Waals surface area contributed by atoms with Crippen molar-refractivity contribution in [2.75, 3.05) is 19.6 Å². The summed E-state index contributed by atoms with van der Waals surface area (Å²) in [6.07, 6.45) is 5.23.